The maximum Gasteiger partial charge on any atom is 0.408 e. The second kappa shape index (κ2) is 9.23. The fourth-order valence-electron chi connectivity index (χ4n) is 4.48. The lowest BCUT2D eigenvalue weighted by atomic mass is 9.98. The minimum absolute atomic E-state index is 0.0317. The number of amides is 2. The lowest BCUT2D eigenvalue weighted by Crippen LogP contribution is -2.57. The number of carbonyl (C=O) groups is 3. The van der Waals surface area contributed by atoms with Gasteiger partial charge in [0.05, 0.1) is 19.1 Å². The number of benzene rings is 2. The van der Waals surface area contributed by atoms with Crippen molar-refractivity contribution in [2.75, 3.05) is 32.9 Å². The van der Waals surface area contributed by atoms with Crippen LogP contribution in [0.1, 0.15) is 30.9 Å². The van der Waals surface area contributed by atoms with Gasteiger partial charge in [0.2, 0.25) is 5.91 Å². The van der Waals surface area contributed by atoms with E-state index in [4.69, 9.17) is 9.47 Å². The summed E-state index contributed by atoms with van der Waals surface area (Å²) in [5.41, 5.74) is 3.20. The first-order chi connectivity index (χ1) is 15.8. The molecule has 1 heterocycles. The van der Waals surface area contributed by atoms with Crippen molar-refractivity contribution in [3.8, 4) is 11.1 Å². The van der Waals surface area contributed by atoms with E-state index in [0.717, 1.165) is 22.3 Å². The van der Waals surface area contributed by atoms with E-state index in [9.17, 15) is 19.5 Å². The molecule has 174 valence electrons. The molecule has 2 aliphatic rings. The Morgan fingerprint density at radius 3 is 2.30 bits per heavy atom. The molecule has 2 aromatic rings. The summed E-state index contributed by atoms with van der Waals surface area (Å²) in [6.45, 7) is 3.90. The SMILES string of the molecule is CC(C)(NC(=O)OCC1c2ccccc2-c2ccccc21)C(=O)N1CCOCC(C(=O)O)C1. The summed E-state index contributed by atoms with van der Waals surface area (Å²) in [5.74, 6) is -2.28. The number of aliphatic carboxylic acids is 1. The fraction of sp³-hybridized carbons (Fsp3) is 0.400. The summed E-state index contributed by atoms with van der Waals surface area (Å²) in [7, 11) is 0. The molecule has 8 heteroatoms. The molecule has 1 unspecified atom stereocenters. The second-order valence-electron chi connectivity index (χ2n) is 8.94. The third kappa shape index (κ3) is 4.71. The Morgan fingerprint density at radius 2 is 1.70 bits per heavy atom. The number of carboxylic acid groups (broad SMARTS) is 1. The molecule has 0 spiro atoms. The van der Waals surface area contributed by atoms with Crippen molar-refractivity contribution < 1.29 is 29.0 Å². The molecule has 0 bridgehead atoms. The molecule has 8 nitrogen and oxygen atoms in total. The van der Waals surface area contributed by atoms with E-state index in [0.29, 0.717) is 0 Å². The summed E-state index contributed by atoms with van der Waals surface area (Å²) in [6.07, 6.45) is -0.698. The van der Waals surface area contributed by atoms with Gasteiger partial charge in [0.25, 0.3) is 0 Å². The number of carbonyl (C=O) groups excluding carboxylic acids is 2. The number of nitrogens with one attached hydrogen (secondary N) is 1. The highest BCUT2D eigenvalue weighted by Crippen LogP contribution is 2.44. The number of alkyl carbamates (subject to hydrolysis) is 1. The third-order valence-corrected chi connectivity index (χ3v) is 6.19. The predicted octanol–water partition coefficient (Wildman–Crippen LogP) is 2.86. The van der Waals surface area contributed by atoms with Gasteiger partial charge in [-0.15, -0.1) is 0 Å². The number of hydrogen-bond acceptors (Lipinski definition) is 5. The smallest absolute Gasteiger partial charge is 0.408 e. The summed E-state index contributed by atoms with van der Waals surface area (Å²) < 4.78 is 10.9. The molecule has 1 fully saturated rings. The van der Waals surface area contributed by atoms with E-state index >= 15 is 0 Å². The largest absolute Gasteiger partial charge is 0.481 e. The van der Waals surface area contributed by atoms with Crippen LogP contribution in [0.3, 0.4) is 0 Å². The van der Waals surface area contributed by atoms with Crippen LogP contribution in [0.4, 0.5) is 4.79 Å². The Hall–Kier alpha value is -3.39. The van der Waals surface area contributed by atoms with Gasteiger partial charge >= 0.3 is 12.1 Å². The van der Waals surface area contributed by atoms with E-state index < -0.39 is 23.5 Å². The number of ether oxygens (including phenoxy) is 2. The standard InChI is InChI=1S/C25H28N2O6/c1-25(2,23(30)27-11-12-32-14-16(13-27)22(28)29)26-24(31)33-15-21-19-9-5-3-7-17(19)18-8-4-6-10-20(18)21/h3-10,16,21H,11-15H2,1-2H3,(H,26,31)(H,28,29). The van der Waals surface area contributed by atoms with Crippen molar-refractivity contribution in [2.45, 2.75) is 25.3 Å². The zero-order valence-corrected chi connectivity index (χ0v) is 18.7. The van der Waals surface area contributed by atoms with Gasteiger partial charge in [-0.1, -0.05) is 48.5 Å². The van der Waals surface area contributed by atoms with Crippen molar-refractivity contribution in [3.63, 3.8) is 0 Å². The van der Waals surface area contributed by atoms with Crippen LogP contribution >= 0.6 is 0 Å². The molecular formula is C25H28N2O6. The lowest BCUT2D eigenvalue weighted by Gasteiger charge is -2.32. The molecule has 0 saturated carbocycles. The zero-order valence-electron chi connectivity index (χ0n) is 18.7. The average Bonchev–Trinajstić information content (AvgIpc) is 2.93. The molecule has 1 aliphatic heterocycles. The first-order valence-electron chi connectivity index (χ1n) is 11.0. The minimum Gasteiger partial charge on any atom is -0.481 e. The quantitative estimate of drug-likeness (QED) is 0.723. The minimum atomic E-state index is -1.27. The van der Waals surface area contributed by atoms with Gasteiger partial charge in [-0.3, -0.25) is 9.59 Å². The number of fused-ring (bicyclic) bond motifs is 3. The number of nitrogens with zero attached hydrogens (tertiary/aromatic N) is 1. The average molecular weight is 453 g/mol. The van der Waals surface area contributed by atoms with E-state index in [2.05, 4.69) is 17.4 Å². The van der Waals surface area contributed by atoms with Crippen LogP contribution < -0.4 is 5.32 Å². The molecular weight excluding hydrogens is 424 g/mol. The van der Waals surface area contributed by atoms with Gasteiger partial charge in [-0.2, -0.15) is 0 Å². The predicted molar refractivity (Wildman–Crippen MR) is 121 cm³/mol. The van der Waals surface area contributed by atoms with Crippen LogP contribution in [-0.4, -0.2) is 66.4 Å². The van der Waals surface area contributed by atoms with Crippen LogP contribution in [0.2, 0.25) is 0 Å². The molecule has 2 aromatic carbocycles. The van der Waals surface area contributed by atoms with Gasteiger partial charge < -0.3 is 24.8 Å². The monoisotopic (exact) mass is 452 g/mol. The van der Waals surface area contributed by atoms with Gasteiger partial charge in [0.15, 0.2) is 0 Å². The van der Waals surface area contributed by atoms with Crippen LogP contribution in [0.5, 0.6) is 0 Å². The molecule has 0 radical (unpaired) electrons. The first-order valence-corrected chi connectivity index (χ1v) is 11.0. The summed E-state index contributed by atoms with van der Waals surface area (Å²) >= 11 is 0. The van der Waals surface area contributed by atoms with Crippen LogP contribution in [0.15, 0.2) is 48.5 Å². The molecule has 4 rings (SSSR count). The van der Waals surface area contributed by atoms with Crippen LogP contribution in [0, 0.1) is 5.92 Å². The summed E-state index contributed by atoms with van der Waals surface area (Å²) in [5, 5.41) is 12.0. The van der Waals surface area contributed by atoms with Crippen molar-refractivity contribution >= 4 is 18.0 Å². The maximum absolute atomic E-state index is 13.1. The normalized spacial score (nSPS) is 18.1. The highest BCUT2D eigenvalue weighted by molar-refractivity contribution is 5.89. The number of hydrogen-bond donors (Lipinski definition) is 2. The Kier molecular flexibility index (Phi) is 6.37. The first kappa shape index (κ1) is 22.8. The van der Waals surface area contributed by atoms with Gasteiger partial charge in [0.1, 0.15) is 12.1 Å². The second-order valence-corrected chi connectivity index (χ2v) is 8.94. The Balaban J connectivity index is 1.40. The highest BCUT2D eigenvalue weighted by atomic mass is 16.5. The number of rotatable bonds is 5. The Morgan fingerprint density at radius 1 is 1.09 bits per heavy atom. The van der Waals surface area contributed by atoms with E-state index in [-0.39, 0.29) is 44.7 Å². The van der Waals surface area contributed by atoms with Crippen molar-refractivity contribution in [1.82, 2.24) is 10.2 Å². The topological polar surface area (TPSA) is 105 Å². The van der Waals surface area contributed by atoms with Crippen molar-refractivity contribution in [3.05, 3.63) is 59.7 Å². The zero-order chi connectivity index (χ0) is 23.6. The van der Waals surface area contributed by atoms with Gasteiger partial charge in [-0.05, 0) is 36.1 Å². The van der Waals surface area contributed by atoms with Gasteiger partial charge in [-0.25, -0.2) is 4.79 Å². The van der Waals surface area contributed by atoms with Crippen molar-refractivity contribution in [2.24, 2.45) is 5.92 Å². The van der Waals surface area contributed by atoms with E-state index in [1.165, 1.54) is 4.90 Å². The molecule has 2 amide bonds. The maximum atomic E-state index is 13.1. The molecule has 0 aromatic heterocycles. The number of carboxylic acids is 1. The van der Waals surface area contributed by atoms with E-state index in [1.807, 2.05) is 36.4 Å². The van der Waals surface area contributed by atoms with Crippen molar-refractivity contribution in [1.29, 1.82) is 0 Å². The Bertz CT molecular complexity index is 1020. The summed E-state index contributed by atoms with van der Waals surface area (Å²) in [4.78, 5) is 38.5. The molecule has 33 heavy (non-hydrogen) atoms. The third-order valence-electron chi connectivity index (χ3n) is 6.19. The highest BCUT2D eigenvalue weighted by Gasteiger charge is 2.37. The summed E-state index contributed by atoms with van der Waals surface area (Å²) in [6, 6.07) is 16.1. The molecule has 2 N–H and O–H groups in total. The van der Waals surface area contributed by atoms with Gasteiger partial charge in [0, 0.05) is 19.0 Å². The molecule has 1 saturated heterocycles. The molecule has 1 aliphatic carbocycles. The Labute approximate surface area is 192 Å². The van der Waals surface area contributed by atoms with Crippen LogP contribution in [0.25, 0.3) is 11.1 Å². The lowest BCUT2D eigenvalue weighted by molar-refractivity contribution is -0.145. The molecule has 1 atom stereocenters. The van der Waals surface area contributed by atoms with Crippen LogP contribution in [-0.2, 0) is 19.1 Å². The van der Waals surface area contributed by atoms with E-state index in [1.54, 1.807) is 13.8 Å². The fourth-order valence-corrected chi connectivity index (χ4v) is 4.48.